The van der Waals surface area contributed by atoms with Crippen molar-refractivity contribution in [2.75, 3.05) is 24.5 Å². The van der Waals surface area contributed by atoms with Gasteiger partial charge in [-0.25, -0.2) is 13.8 Å². The molecule has 0 saturated carbocycles. The second kappa shape index (κ2) is 9.61. The molecule has 0 saturated heterocycles. The van der Waals surface area contributed by atoms with Crippen LogP contribution in [0.15, 0.2) is 36.5 Å². The zero-order valence-corrected chi connectivity index (χ0v) is 15.3. The number of anilines is 1. The molecule has 0 fully saturated rings. The summed E-state index contributed by atoms with van der Waals surface area (Å²) >= 11 is 0. The fourth-order valence-corrected chi connectivity index (χ4v) is 2.45. The van der Waals surface area contributed by atoms with Gasteiger partial charge in [-0.3, -0.25) is 9.59 Å². The highest BCUT2D eigenvalue weighted by Gasteiger charge is 2.13. The quantitative estimate of drug-likeness (QED) is 0.741. The summed E-state index contributed by atoms with van der Waals surface area (Å²) < 4.78 is 26.4. The molecule has 0 unspecified atom stereocenters. The van der Waals surface area contributed by atoms with E-state index in [4.69, 9.17) is 0 Å². The second-order valence-corrected chi connectivity index (χ2v) is 5.78. The van der Waals surface area contributed by atoms with E-state index in [2.05, 4.69) is 20.5 Å². The standard InChI is InChI=1S/C19H22F2N4O2/c1-3-25(4-2)17-8-5-13(10-22-17)11-23-18(26)12-24-19(27)15-7-6-14(20)9-16(15)21/h5-10H,3-4,11-12H2,1-2H3,(H,23,26)(H,24,27). The maximum Gasteiger partial charge on any atom is 0.254 e. The van der Waals surface area contributed by atoms with E-state index in [0.29, 0.717) is 6.07 Å². The molecule has 27 heavy (non-hydrogen) atoms. The van der Waals surface area contributed by atoms with Crippen molar-refractivity contribution in [1.82, 2.24) is 15.6 Å². The molecule has 0 bridgehead atoms. The zero-order chi connectivity index (χ0) is 19.8. The number of rotatable bonds is 8. The summed E-state index contributed by atoms with van der Waals surface area (Å²) in [6.45, 7) is 5.74. The maximum absolute atomic E-state index is 13.5. The fraction of sp³-hybridized carbons (Fsp3) is 0.316. The minimum absolute atomic E-state index is 0.255. The number of carbonyl (C=O) groups excluding carboxylic acids is 2. The van der Waals surface area contributed by atoms with Crippen LogP contribution < -0.4 is 15.5 Å². The van der Waals surface area contributed by atoms with Crippen LogP contribution in [0, 0.1) is 11.6 Å². The lowest BCUT2D eigenvalue weighted by Crippen LogP contribution is -2.37. The van der Waals surface area contributed by atoms with Gasteiger partial charge in [0, 0.05) is 31.9 Å². The first-order chi connectivity index (χ1) is 12.9. The van der Waals surface area contributed by atoms with E-state index < -0.39 is 23.4 Å². The fourth-order valence-electron chi connectivity index (χ4n) is 2.45. The average molecular weight is 376 g/mol. The molecule has 2 amide bonds. The van der Waals surface area contributed by atoms with Crippen LogP contribution in [0.25, 0.3) is 0 Å². The summed E-state index contributed by atoms with van der Waals surface area (Å²) in [6, 6.07) is 6.37. The Hall–Kier alpha value is -3.03. The summed E-state index contributed by atoms with van der Waals surface area (Å²) in [4.78, 5) is 30.2. The number of pyridine rings is 1. The molecule has 0 radical (unpaired) electrons. The number of aromatic nitrogens is 1. The van der Waals surface area contributed by atoms with Gasteiger partial charge in [0.05, 0.1) is 12.1 Å². The molecule has 0 aliphatic heterocycles. The van der Waals surface area contributed by atoms with E-state index in [0.717, 1.165) is 36.6 Å². The van der Waals surface area contributed by atoms with Gasteiger partial charge >= 0.3 is 0 Å². The van der Waals surface area contributed by atoms with E-state index in [1.165, 1.54) is 0 Å². The van der Waals surface area contributed by atoms with Gasteiger partial charge < -0.3 is 15.5 Å². The van der Waals surface area contributed by atoms with E-state index >= 15 is 0 Å². The van der Waals surface area contributed by atoms with Crippen LogP contribution in [0.2, 0.25) is 0 Å². The summed E-state index contributed by atoms with van der Waals surface area (Å²) in [5.74, 6) is -2.11. The van der Waals surface area contributed by atoms with Crippen molar-refractivity contribution in [1.29, 1.82) is 0 Å². The van der Waals surface area contributed by atoms with Gasteiger partial charge in [0.2, 0.25) is 5.91 Å². The van der Waals surface area contributed by atoms with Crippen molar-refractivity contribution >= 4 is 17.6 Å². The van der Waals surface area contributed by atoms with Crippen molar-refractivity contribution < 1.29 is 18.4 Å². The summed E-state index contributed by atoms with van der Waals surface area (Å²) in [7, 11) is 0. The topological polar surface area (TPSA) is 74.3 Å². The number of carbonyl (C=O) groups is 2. The number of hydrogen-bond donors (Lipinski definition) is 2. The Balaban J connectivity index is 1.81. The lowest BCUT2D eigenvalue weighted by Gasteiger charge is -2.19. The average Bonchev–Trinajstić information content (AvgIpc) is 2.66. The first-order valence-corrected chi connectivity index (χ1v) is 8.64. The van der Waals surface area contributed by atoms with Crippen molar-refractivity contribution in [3.8, 4) is 0 Å². The van der Waals surface area contributed by atoms with E-state index in [-0.39, 0.29) is 18.7 Å². The Morgan fingerprint density at radius 2 is 1.81 bits per heavy atom. The minimum atomic E-state index is -0.979. The largest absolute Gasteiger partial charge is 0.357 e. The van der Waals surface area contributed by atoms with Crippen LogP contribution in [-0.2, 0) is 11.3 Å². The molecular formula is C19H22F2N4O2. The van der Waals surface area contributed by atoms with Crippen LogP contribution in [0.3, 0.4) is 0 Å². The number of halogens is 2. The molecule has 0 aliphatic carbocycles. The highest BCUT2D eigenvalue weighted by atomic mass is 19.1. The number of amides is 2. The Morgan fingerprint density at radius 3 is 2.41 bits per heavy atom. The third kappa shape index (κ3) is 5.73. The van der Waals surface area contributed by atoms with E-state index in [9.17, 15) is 18.4 Å². The van der Waals surface area contributed by atoms with Crippen molar-refractivity contribution in [3.63, 3.8) is 0 Å². The van der Waals surface area contributed by atoms with Crippen molar-refractivity contribution in [2.45, 2.75) is 20.4 Å². The lowest BCUT2D eigenvalue weighted by atomic mass is 10.2. The van der Waals surface area contributed by atoms with Crippen molar-refractivity contribution in [3.05, 3.63) is 59.3 Å². The van der Waals surface area contributed by atoms with Crippen LogP contribution in [0.4, 0.5) is 14.6 Å². The van der Waals surface area contributed by atoms with E-state index in [1.807, 2.05) is 26.0 Å². The van der Waals surface area contributed by atoms with Gasteiger partial charge in [-0.2, -0.15) is 0 Å². The molecule has 8 heteroatoms. The molecule has 2 rings (SSSR count). The molecule has 1 aromatic heterocycles. The Kier molecular flexibility index (Phi) is 7.22. The Morgan fingerprint density at radius 1 is 1.07 bits per heavy atom. The SMILES string of the molecule is CCN(CC)c1ccc(CNC(=O)CNC(=O)c2ccc(F)cc2F)cn1. The highest BCUT2D eigenvalue weighted by Crippen LogP contribution is 2.11. The molecule has 1 heterocycles. The normalized spacial score (nSPS) is 10.4. The van der Waals surface area contributed by atoms with Crippen LogP contribution in [-0.4, -0.2) is 36.4 Å². The third-order valence-electron chi connectivity index (χ3n) is 3.97. The summed E-state index contributed by atoms with van der Waals surface area (Å²) in [6.07, 6.45) is 1.68. The molecule has 1 aromatic carbocycles. The first-order valence-electron chi connectivity index (χ1n) is 8.64. The van der Waals surface area contributed by atoms with Gasteiger partial charge in [-0.05, 0) is 37.6 Å². The van der Waals surface area contributed by atoms with Gasteiger partial charge in [-0.1, -0.05) is 6.07 Å². The van der Waals surface area contributed by atoms with Crippen LogP contribution in [0.5, 0.6) is 0 Å². The number of nitrogens with zero attached hydrogens (tertiary/aromatic N) is 2. The van der Waals surface area contributed by atoms with Crippen molar-refractivity contribution in [2.24, 2.45) is 0 Å². The molecule has 0 atom stereocenters. The van der Waals surface area contributed by atoms with Crippen LogP contribution in [0.1, 0.15) is 29.8 Å². The predicted molar refractivity (Wildman–Crippen MR) is 98.3 cm³/mol. The third-order valence-corrected chi connectivity index (χ3v) is 3.97. The van der Waals surface area contributed by atoms with Gasteiger partial charge in [0.1, 0.15) is 17.5 Å². The molecule has 6 nitrogen and oxygen atoms in total. The Bertz CT molecular complexity index is 793. The first kappa shape index (κ1) is 20.3. The summed E-state index contributed by atoms with van der Waals surface area (Å²) in [5.41, 5.74) is 0.496. The Labute approximate surface area is 156 Å². The number of nitrogens with one attached hydrogen (secondary N) is 2. The number of hydrogen-bond acceptors (Lipinski definition) is 4. The highest BCUT2D eigenvalue weighted by molar-refractivity contribution is 5.96. The maximum atomic E-state index is 13.5. The molecule has 0 aliphatic rings. The lowest BCUT2D eigenvalue weighted by molar-refractivity contribution is -0.120. The number of benzene rings is 1. The zero-order valence-electron chi connectivity index (χ0n) is 15.3. The van der Waals surface area contributed by atoms with Gasteiger partial charge in [-0.15, -0.1) is 0 Å². The minimum Gasteiger partial charge on any atom is -0.357 e. The smallest absolute Gasteiger partial charge is 0.254 e. The van der Waals surface area contributed by atoms with Crippen LogP contribution >= 0.6 is 0 Å². The van der Waals surface area contributed by atoms with E-state index in [1.54, 1.807) is 6.20 Å². The van der Waals surface area contributed by atoms with Gasteiger partial charge in [0.25, 0.3) is 5.91 Å². The molecule has 2 aromatic rings. The molecular weight excluding hydrogens is 354 g/mol. The second-order valence-electron chi connectivity index (χ2n) is 5.78. The van der Waals surface area contributed by atoms with Gasteiger partial charge in [0.15, 0.2) is 0 Å². The molecule has 0 spiro atoms. The predicted octanol–water partition coefficient (Wildman–Crippen LogP) is 2.25. The monoisotopic (exact) mass is 376 g/mol. The summed E-state index contributed by atoms with van der Waals surface area (Å²) in [5, 5.41) is 4.94. The molecule has 2 N–H and O–H groups in total. The molecule has 144 valence electrons.